The number of esters is 3. The summed E-state index contributed by atoms with van der Waals surface area (Å²) in [5, 5.41) is 0. The number of ether oxygens (including phenoxy) is 3. The Kier molecular flexibility index (Phi) is 56.7. The molecule has 0 N–H and O–H groups in total. The molecule has 0 fully saturated rings. The van der Waals surface area contributed by atoms with Crippen LogP contribution < -0.4 is 0 Å². The molecule has 1 atom stereocenters. The minimum atomic E-state index is -0.805. The second kappa shape index (κ2) is 58.9. The predicted octanol–water partition coefficient (Wildman–Crippen LogP) is 20.6. The zero-order chi connectivity index (χ0) is 50.7. The first-order valence-electron chi connectivity index (χ1n) is 30.6. The van der Waals surface area contributed by atoms with E-state index in [1.54, 1.807) is 0 Å². The highest BCUT2D eigenvalue weighted by molar-refractivity contribution is 5.71. The van der Waals surface area contributed by atoms with Crippen LogP contribution in [0, 0.1) is 0 Å². The molecule has 0 aliphatic rings. The van der Waals surface area contributed by atoms with Gasteiger partial charge < -0.3 is 14.2 Å². The molecule has 6 heteroatoms. The second-order valence-corrected chi connectivity index (χ2v) is 20.6. The average Bonchev–Trinajstić information content (AvgIpc) is 3.36. The summed E-state index contributed by atoms with van der Waals surface area (Å²) >= 11 is 0. The smallest absolute Gasteiger partial charge is 0.306 e. The molecule has 1 unspecified atom stereocenters. The second-order valence-electron chi connectivity index (χ2n) is 20.6. The quantitative estimate of drug-likeness (QED) is 0.0261. The van der Waals surface area contributed by atoms with Crippen molar-refractivity contribution in [3.05, 3.63) is 48.6 Å². The topological polar surface area (TPSA) is 78.9 Å². The summed E-state index contributed by atoms with van der Waals surface area (Å²) in [7, 11) is 0. The summed E-state index contributed by atoms with van der Waals surface area (Å²) < 4.78 is 16.7. The molecule has 0 radical (unpaired) electrons. The molecule has 70 heavy (non-hydrogen) atoms. The van der Waals surface area contributed by atoms with Gasteiger partial charge in [0.25, 0.3) is 0 Å². The third-order valence-electron chi connectivity index (χ3n) is 13.6. The number of hydrogen-bond donors (Lipinski definition) is 0. The van der Waals surface area contributed by atoms with Crippen molar-refractivity contribution >= 4 is 17.9 Å². The first-order chi connectivity index (χ1) is 34.5. The first-order valence-corrected chi connectivity index (χ1v) is 30.6. The maximum absolute atomic E-state index is 12.7. The standard InChI is InChI=1S/C64H116O6/c1-4-7-10-13-16-18-20-22-23-24-25-26-27-28-29-30-31-32-33-34-35-36-37-38-39-40-41-43-44-46-48-51-54-57-63(66)69-60-61(59-68-62(65)56-53-50-15-12-9-6-3)70-64(67)58-55-52-49-47-45-42-21-19-17-14-11-8-5-2/h8,11,17,19,42,45,49,52,61H,4-7,9-10,12-16,18,20-41,43-44,46-48,50-51,53-60H2,1-3H3/b11-8-,19-17-,45-42-,52-49-. The van der Waals surface area contributed by atoms with E-state index in [9.17, 15) is 14.4 Å². The Morgan fingerprint density at radius 1 is 0.300 bits per heavy atom. The fraction of sp³-hybridized carbons (Fsp3) is 0.828. The van der Waals surface area contributed by atoms with E-state index in [2.05, 4.69) is 57.2 Å². The molecule has 0 rings (SSSR count). The Hall–Kier alpha value is -2.63. The van der Waals surface area contributed by atoms with Gasteiger partial charge in [-0.1, -0.05) is 307 Å². The lowest BCUT2D eigenvalue weighted by atomic mass is 10.0. The van der Waals surface area contributed by atoms with E-state index < -0.39 is 6.10 Å². The van der Waals surface area contributed by atoms with Crippen LogP contribution in [0.4, 0.5) is 0 Å². The van der Waals surface area contributed by atoms with E-state index in [1.165, 1.54) is 212 Å². The van der Waals surface area contributed by atoms with Gasteiger partial charge in [0.15, 0.2) is 6.10 Å². The van der Waals surface area contributed by atoms with E-state index in [-0.39, 0.29) is 37.5 Å². The van der Waals surface area contributed by atoms with Crippen LogP contribution >= 0.6 is 0 Å². The molecule has 408 valence electrons. The van der Waals surface area contributed by atoms with Gasteiger partial charge in [0.05, 0.1) is 0 Å². The molecular weight excluding hydrogens is 865 g/mol. The Morgan fingerprint density at radius 3 is 0.843 bits per heavy atom. The molecule has 0 aromatic heterocycles. The van der Waals surface area contributed by atoms with Crippen molar-refractivity contribution in [1.29, 1.82) is 0 Å². The number of carbonyl (C=O) groups excluding carboxylic acids is 3. The molecule has 0 aliphatic carbocycles. The van der Waals surface area contributed by atoms with Crippen LogP contribution in [0.1, 0.15) is 323 Å². The largest absolute Gasteiger partial charge is 0.462 e. The Morgan fingerprint density at radius 2 is 0.557 bits per heavy atom. The van der Waals surface area contributed by atoms with Gasteiger partial charge in [-0.3, -0.25) is 14.4 Å². The van der Waals surface area contributed by atoms with Crippen LogP contribution in [-0.2, 0) is 28.6 Å². The normalized spacial score (nSPS) is 12.3. The fourth-order valence-electron chi connectivity index (χ4n) is 9.05. The van der Waals surface area contributed by atoms with Crippen molar-refractivity contribution in [1.82, 2.24) is 0 Å². The summed E-state index contributed by atoms with van der Waals surface area (Å²) in [5.74, 6) is -0.980. The third-order valence-corrected chi connectivity index (χ3v) is 13.6. The molecule has 0 heterocycles. The molecular formula is C64H116O6. The van der Waals surface area contributed by atoms with E-state index in [4.69, 9.17) is 14.2 Å². The molecule has 0 spiro atoms. The van der Waals surface area contributed by atoms with Crippen molar-refractivity contribution in [3.8, 4) is 0 Å². The van der Waals surface area contributed by atoms with Gasteiger partial charge >= 0.3 is 17.9 Å². The van der Waals surface area contributed by atoms with Crippen LogP contribution in [0.15, 0.2) is 48.6 Å². The molecule has 0 aromatic rings. The molecule has 0 aliphatic heterocycles. The molecule has 6 nitrogen and oxygen atoms in total. The lowest BCUT2D eigenvalue weighted by Crippen LogP contribution is -2.30. The average molecular weight is 982 g/mol. The highest BCUT2D eigenvalue weighted by Crippen LogP contribution is 2.18. The summed E-state index contributed by atoms with van der Waals surface area (Å²) in [4.78, 5) is 37.7. The fourth-order valence-corrected chi connectivity index (χ4v) is 9.05. The van der Waals surface area contributed by atoms with Gasteiger partial charge in [0.2, 0.25) is 0 Å². The van der Waals surface area contributed by atoms with E-state index >= 15 is 0 Å². The Bertz CT molecular complexity index is 1220. The zero-order valence-corrected chi connectivity index (χ0v) is 46.8. The maximum atomic E-state index is 12.7. The van der Waals surface area contributed by atoms with Gasteiger partial charge in [-0.15, -0.1) is 0 Å². The van der Waals surface area contributed by atoms with E-state index in [1.807, 2.05) is 12.2 Å². The SMILES string of the molecule is CC/C=C\C/C=C\C/C=C\C/C=C\CCC(=O)OC(COC(=O)CCCCCCCC)COC(=O)CCCCCCCCCCCCCCCCCCCCCCCCCCCCCCCCCCC. The van der Waals surface area contributed by atoms with E-state index in [0.29, 0.717) is 19.3 Å². The molecule has 0 saturated heterocycles. The molecule has 0 bridgehead atoms. The predicted molar refractivity (Wildman–Crippen MR) is 302 cm³/mol. The molecule has 0 aromatic carbocycles. The van der Waals surface area contributed by atoms with Gasteiger partial charge in [0.1, 0.15) is 13.2 Å². The van der Waals surface area contributed by atoms with Crippen molar-refractivity contribution < 1.29 is 28.6 Å². The summed E-state index contributed by atoms with van der Waals surface area (Å²) in [6, 6.07) is 0. The number of unbranched alkanes of at least 4 members (excludes halogenated alkanes) is 37. The van der Waals surface area contributed by atoms with Gasteiger partial charge in [-0.2, -0.15) is 0 Å². The van der Waals surface area contributed by atoms with Gasteiger partial charge in [-0.25, -0.2) is 0 Å². The zero-order valence-electron chi connectivity index (χ0n) is 46.8. The lowest BCUT2D eigenvalue weighted by Gasteiger charge is -2.18. The van der Waals surface area contributed by atoms with Gasteiger partial charge in [-0.05, 0) is 44.9 Å². The van der Waals surface area contributed by atoms with Crippen molar-refractivity contribution in [3.63, 3.8) is 0 Å². The molecule has 0 amide bonds. The molecule has 0 saturated carbocycles. The third kappa shape index (κ3) is 56.3. The van der Waals surface area contributed by atoms with Crippen LogP contribution in [0.3, 0.4) is 0 Å². The van der Waals surface area contributed by atoms with Crippen LogP contribution in [0.5, 0.6) is 0 Å². The summed E-state index contributed by atoms with van der Waals surface area (Å²) in [6.45, 7) is 6.43. The van der Waals surface area contributed by atoms with Crippen molar-refractivity contribution in [2.75, 3.05) is 13.2 Å². The Labute approximate surface area is 435 Å². The first kappa shape index (κ1) is 67.4. The number of carbonyl (C=O) groups is 3. The highest BCUT2D eigenvalue weighted by atomic mass is 16.6. The minimum Gasteiger partial charge on any atom is -0.462 e. The summed E-state index contributed by atoms with van der Waals surface area (Å²) in [6.07, 6.45) is 73.5. The van der Waals surface area contributed by atoms with Gasteiger partial charge in [0, 0.05) is 19.3 Å². The number of rotatable bonds is 56. The van der Waals surface area contributed by atoms with Crippen LogP contribution in [-0.4, -0.2) is 37.2 Å². The minimum absolute atomic E-state index is 0.0987. The van der Waals surface area contributed by atoms with Crippen LogP contribution in [0.2, 0.25) is 0 Å². The van der Waals surface area contributed by atoms with Crippen molar-refractivity contribution in [2.45, 2.75) is 329 Å². The highest BCUT2D eigenvalue weighted by Gasteiger charge is 2.19. The Balaban J connectivity index is 3.91. The van der Waals surface area contributed by atoms with Crippen molar-refractivity contribution in [2.24, 2.45) is 0 Å². The summed E-state index contributed by atoms with van der Waals surface area (Å²) in [5.41, 5.74) is 0. The maximum Gasteiger partial charge on any atom is 0.306 e. The lowest BCUT2D eigenvalue weighted by molar-refractivity contribution is -0.166. The van der Waals surface area contributed by atoms with E-state index in [0.717, 1.165) is 64.2 Å². The monoisotopic (exact) mass is 981 g/mol. The van der Waals surface area contributed by atoms with Crippen LogP contribution in [0.25, 0.3) is 0 Å². The number of hydrogen-bond acceptors (Lipinski definition) is 6. The number of allylic oxidation sites excluding steroid dienone is 8.